The van der Waals surface area contributed by atoms with Gasteiger partial charge in [0.1, 0.15) is 0 Å². The van der Waals surface area contributed by atoms with Crippen molar-refractivity contribution in [2.24, 2.45) is 5.73 Å². The predicted molar refractivity (Wildman–Crippen MR) is 38.8 cm³/mol. The first kappa shape index (κ1) is 17.2. The summed E-state index contributed by atoms with van der Waals surface area (Å²) in [5, 5.41) is 0. The van der Waals surface area contributed by atoms with E-state index in [-0.39, 0.29) is 0 Å². The van der Waals surface area contributed by atoms with E-state index >= 15 is 0 Å². The highest BCUT2D eigenvalue weighted by molar-refractivity contribution is 7.31. The van der Waals surface area contributed by atoms with Crippen molar-refractivity contribution in [1.29, 1.82) is 0 Å². The molecule has 9 heteroatoms. The molecular formula is C2H11NO6P2+2. The normalized spacial score (nSPS) is 6.36. The molecule has 0 aliphatic carbocycles. The molecular weight excluding hydrogens is 196 g/mol. The summed E-state index contributed by atoms with van der Waals surface area (Å²) >= 11 is 0. The zero-order valence-electron chi connectivity index (χ0n) is 5.78. The van der Waals surface area contributed by atoms with Crippen LogP contribution >= 0.6 is 16.5 Å². The molecule has 0 radical (unpaired) electrons. The molecule has 0 saturated heterocycles. The van der Waals surface area contributed by atoms with Gasteiger partial charge in [-0.15, -0.1) is 19.6 Å². The SMILES string of the molecule is CCN.O=[P+](O)O.O=[P+](O)O. The zero-order chi connectivity index (χ0) is 9.86. The molecule has 0 bridgehead atoms. The fourth-order valence-electron chi connectivity index (χ4n) is 0. The van der Waals surface area contributed by atoms with Crippen LogP contribution < -0.4 is 5.73 Å². The summed E-state index contributed by atoms with van der Waals surface area (Å²) in [5.74, 6) is 0. The first-order valence-electron chi connectivity index (χ1n) is 2.28. The van der Waals surface area contributed by atoms with E-state index in [0.29, 0.717) is 0 Å². The van der Waals surface area contributed by atoms with E-state index in [4.69, 9.17) is 34.4 Å². The predicted octanol–water partition coefficient (Wildman–Crippen LogP) is -0.778. The fourth-order valence-corrected chi connectivity index (χ4v) is 0. The van der Waals surface area contributed by atoms with Crippen LogP contribution in [0.4, 0.5) is 0 Å². The van der Waals surface area contributed by atoms with Crippen molar-refractivity contribution in [2.75, 3.05) is 6.54 Å². The summed E-state index contributed by atoms with van der Waals surface area (Å²) in [5.41, 5.74) is 4.85. The van der Waals surface area contributed by atoms with Crippen LogP contribution in [0.2, 0.25) is 0 Å². The molecule has 0 rings (SSSR count). The highest BCUT2D eigenvalue weighted by atomic mass is 31.1. The van der Waals surface area contributed by atoms with E-state index in [0.717, 1.165) is 6.54 Å². The van der Waals surface area contributed by atoms with Crippen molar-refractivity contribution in [1.82, 2.24) is 0 Å². The van der Waals surface area contributed by atoms with Crippen molar-refractivity contribution < 1.29 is 28.7 Å². The number of rotatable bonds is 0. The quantitative estimate of drug-likeness (QED) is 0.328. The average Bonchev–Trinajstić information content (AvgIpc) is 1.60. The topological polar surface area (TPSA) is 141 Å². The molecule has 0 atom stereocenters. The molecule has 7 nitrogen and oxygen atoms in total. The van der Waals surface area contributed by atoms with Gasteiger partial charge in [-0.3, -0.25) is 0 Å². The third-order valence-electron chi connectivity index (χ3n) is 0. The van der Waals surface area contributed by atoms with Crippen molar-refractivity contribution in [2.45, 2.75) is 6.92 Å². The third kappa shape index (κ3) is 368999999999999985105407004949610496. The minimum absolute atomic E-state index is 0.750. The third-order valence-corrected chi connectivity index (χ3v) is 0. The lowest BCUT2D eigenvalue weighted by Crippen LogP contribution is -1.87. The second kappa shape index (κ2) is 16.5. The molecule has 0 saturated carbocycles. The second-order valence-corrected chi connectivity index (χ2v) is 1.92. The first-order valence-corrected chi connectivity index (χ1v) is 4.61. The number of hydrogen-bond acceptors (Lipinski definition) is 3. The maximum atomic E-state index is 8.70. The highest BCUT2D eigenvalue weighted by Gasteiger charge is 1.93. The molecule has 11 heavy (non-hydrogen) atoms. The fraction of sp³-hybridized carbons (Fsp3) is 1.00. The summed E-state index contributed by atoms with van der Waals surface area (Å²) in [4.78, 5) is 28.5. The Kier molecular flexibility index (Phi) is 25.8. The molecule has 68 valence electrons. The van der Waals surface area contributed by atoms with E-state index in [1.165, 1.54) is 0 Å². The van der Waals surface area contributed by atoms with Gasteiger partial charge < -0.3 is 5.73 Å². The lowest BCUT2D eigenvalue weighted by atomic mass is 10.8. The van der Waals surface area contributed by atoms with Crippen LogP contribution in [0.1, 0.15) is 6.92 Å². The molecule has 0 aromatic heterocycles. The minimum atomic E-state index is -2.87. The van der Waals surface area contributed by atoms with Gasteiger partial charge in [0.05, 0.1) is 0 Å². The maximum Gasteiger partial charge on any atom is 0.692 e. The smallest absolute Gasteiger partial charge is 0.331 e. The van der Waals surface area contributed by atoms with E-state index in [9.17, 15) is 0 Å². The van der Waals surface area contributed by atoms with Crippen molar-refractivity contribution in [3.05, 3.63) is 0 Å². The molecule has 0 fully saturated rings. The zero-order valence-corrected chi connectivity index (χ0v) is 7.57. The van der Waals surface area contributed by atoms with E-state index in [2.05, 4.69) is 0 Å². The van der Waals surface area contributed by atoms with E-state index in [1.807, 2.05) is 6.92 Å². The highest BCUT2D eigenvalue weighted by Crippen LogP contribution is 1.98. The Bertz CT molecular complexity index is 86.8. The van der Waals surface area contributed by atoms with Crippen LogP contribution in [0.25, 0.3) is 0 Å². The van der Waals surface area contributed by atoms with Crippen LogP contribution in [0, 0.1) is 0 Å². The van der Waals surface area contributed by atoms with Gasteiger partial charge >= 0.3 is 16.5 Å². The molecule has 0 unspecified atom stereocenters. The Morgan fingerprint density at radius 3 is 1.09 bits per heavy atom. The van der Waals surface area contributed by atoms with Crippen molar-refractivity contribution in [3.63, 3.8) is 0 Å². The van der Waals surface area contributed by atoms with Gasteiger partial charge in [0.15, 0.2) is 0 Å². The molecule has 0 amide bonds. The van der Waals surface area contributed by atoms with Crippen molar-refractivity contribution in [3.8, 4) is 0 Å². The average molecular weight is 207 g/mol. The lowest BCUT2D eigenvalue weighted by Gasteiger charge is -1.53. The first-order chi connectivity index (χ1) is 4.88. The second-order valence-electron chi connectivity index (χ2n) is 0.914. The summed E-state index contributed by atoms with van der Waals surface area (Å²) in [6, 6.07) is 0. The van der Waals surface area contributed by atoms with Gasteiger partial charge in [0.25, 0.3) is 0 Å². The molecule has 0 heterocycles. The molecule has 0 spiro atoms. The van der Waals surface area contributed by atoms with E-state index in [1.54, 1.807) is 0 Å². The summed E-state index contributed by atoms with van der Waals surface area (Å²) in [6.45, 7) is 2.65. The van der Waals surface area contributed by atoms with Gasteiger partial charge in [-0.25, -0.2) is 0 Å². The van der Waals surface area contributed by atoms with Crippen LogP contribution in [0.5, 0.6) is 0 Å². The van der Waals surface area contributed by atoms with Gasteiger partial charge in [-0.2, -0.15) is 0 Å². The minimum Gasteiger partial charge on any atom is -0.331 e. The molecule has 0 aliphatic rings. The van der Waals surface area contributed by atoms with Crippen molar-refractivity contribution >= 4 is 16.5 Å². The Labute approximate surface area is 65.4 Å². The Balaban J connectivity index is -0.0000000886. The number of nitrogens with two attached hydrogens (primary N) is 1. The molecule has 6 N–H and O–H groups in total. The maximum absolute atomic E-state index is 8.70. The number of hydrogen-bond donors (Lipinski definition) is 5. The Morgan fingerprint density at radius 2 is 1.09 bits per heavy atom. The van der Waals surface area contributed by atoms with E-state index < -0.39 is 16.5 Å². The summed E-state index contributed by atoms with van der Waals surface area (Å²) < 4.78 is 17.4. The van der Waals surface area contributed by atoms with Gasteiger partial charge in [-0.1, -0.05) is 6.92 Å². The van der Waals surface area contributed by atoms with Crippen LogP contribution in [-0.4, -0.2) is 26.1 Å². The molecule has 0 aromatic carbocycles. The van der Waals surface area contributed by atoms with Gasteiger partial charge in [0.2, 0.25) is 0 Å². The van der Waals surface area contributed by atoms with Crippen LogP contribution in [0.3, 0.4) is 0 Å². The molecule has 0 aliphatic heterocycles. The lowest BCUT2D eigenvalue weighted by molar-refractivity contribution is 0.403. The summed E-state index contributed by atoms with van der Waals surface area (Å²) in [7, 11) is -5.74. The van der Waals surface area contributed by atoms with Crippen LogP contribution in [0.15, 0.2) is 0 Å². The van der Waals surface area contributed by atoms with Gasteiger partial charge in [-0.05, 0) is 6.54 Å². The molecule has 0 aromatic rings. The Morgan fingerprint density at radius 1 is 1.09 bits per heavy atom. The van der Waals surface area contributed by atoms with Gasteiger partial charge in [0, 0.05) is 9.13 Å². The Hall–Kier alpha value is -0.0000000000000000416. The summed E-state index contributed by atoms with van der Waals surface area (Å²) in [6.07, 6.45) is 0. The standard InChI is InChI=1S/C2H7N.2HO3P/c1-2-3;2*1-4(2)3/h2-3H2,1H3;2*(H-,1,2,3)/p+2. The monoisotopic (exact) mass is 207 g/mol. The van der Waals surface area contributed by atoms with Crippen LogP contribution in [-0.2, 0) is 9.13 Å². The largest absolute Gasteiger partial charge is 0.692 e.